The molecule has 36 heavy (non-hydrogen) atoms. The highest BCUT2D eigenvalue weighted by molar-refractivity contribution is 5.78. The summed E-state index contributed by atoms with van der Waals surface area (Å²) in [5.74, 6) is 1.29. The molecule has 0 radical (unpaired) electrons. The van der Waals surface area contributed by atoms with E-state index in [0.717, 1.165) is 62.6 Å². The van der Waals surface area contributed by atoms with E-state index in [1.54, 1.807) is 18.3 Å². The maximum absolute atomic E-state index is 13.2. The average Bonchev–Trinajstić information content (AvgIpc) is 3.30. The third-order valence-electron chi connectivity index (χ3n) is 6.81. The molecule has 2 aromatic heterocycles. The van der Waals surface area contributed by atoms with E-state index in [2.05, 4.69) is 45.2 Å². The van der Waals surface area contributed by atoms with Gasteiger partial charge in [0.05, 0.1) is 18.4 Å². The highest BCUT2D eigenvalue weighted by Crippen LogP contribution is 2.19. The average molecular weight is 494 g/mol. The number of piperazine rings is 1. The van der Waals surface area contributed by atoms with Crippen LogP contribution in [0.2, 0.25) is 0 Å². The Labute approximate surface area is 209 Å². The number of benzene rings is 1. The molecule has 2 N–H and O–H groups in total. The number of aryl methyl sites for hydroxylation is 1. The number of hydrogen-bond donors (Lipinski definition) is 2. The molecule has 0 aliphatic carbocycles. The first-order chi connectivity index (χ1) is 17.5. The van der Waals surface area contributed by atoms with Gasteiger partial charge in [-0.25, -0.2) is 14.4 Å². The van der Waals surface area contributed by atoms with Gasteiger partial charge in [-0.1, -0.05) is 0 Å². The van der Waals surface area contributed by atoms with Crippen molar-refractivity contribution in [1.29, 1.82) is 0 Å². The number of likely N-dealkylation sites (tertiary alicyclic amines) is 1. The van der Waals surface area contributed by atoms with Crippen LogP contribution in [-0.2, 0) is 11.3 Å². The number of rotatable bonds is 7. The number of imidazole rings is 1. The lowest BCUT2D eigenvalue weighted by Gasteiger charge is -2.35. The summed E-state index contributed by atoms with van der Waals surface area (Å²) >= 11 is 0. The third kappa shape index (κ3) is 6.21. The second-order valence-corrected chi connectivity index (χ2v) is 9.52. The predicted molar refractivity (Wildman–Crippen MR) is 134 cm³/mol. The van der Waals surface area contributed by atoms with Crippen LogP contribution in [0.4, 0.5) is 10.3 Å². The smallest absolute Gasteiger partial charge is 0.245 e. The number of anilines is 1. The Morgan fingerprint density at radius 2 is 1.81 bits per heavy atom. The molecule has 3 aromatic rings. The van der Waals surface area contributed by atoms with Crippen molar-refractivity contribution in [3.8, 4) is 11.3 Å². The van der Waals surface area contributed by atoms with E-state index in [4.69, 9.17) is 0 Å². The zero-order valence-electron chi connectivity index (χ0n) is 20.5. The summed E-state index contributed by atoms with van der Waals surface area (Å²) in [6.45, 7) is 8.09. The summed E-state index contributed by atoms with van der Waals surface area (Å²) < 4.78 is 13.2. The number of aromatic amines is 1. The van der Waals surface area contributed by atoms with Gasteiger partial charge in [0.2, 0.25) is 11.9 Å². The van der Waals surface area contributed by atoms with Gasteiger partial charge in [0, 0.05) is 69.3 Å². The maximum atomic E-state index is 13.2. The van der Waals surface area contributed by atoms with Crippen molar-refractivity contribution in [2.75, 3.05) is 50.7 Å². The number of H-pyrrole nitrogens is 1. The van der Waals surface area contributed by atoms with Gasteiger partial charge >= 0.3 is 0 Å². The van der Waals surface area contributed by atoms with Crippen LogP contribution in [0, 0.1) is 12.7 Å². The van der Waals surface area contributed by atoms with Gasteiger partial charge in [0.1, 0.15) is 11.6 Å². The molecule has 2 saturated heterocycles. The molecule has 5 rings (SSSR count). The Morgan fingerprint density at radius 3 is 2.50 bits per heavy atom. The Kier molecular flexibility index (Phi) is 7.47. The Balaban J connectivity index is 1.05. The molecule has 0 atom stereocenters. The monoisotopic (exact) mass is 493 g/mol. The standard InChI is InChI=1S/C25H32FN9O/c1-18-27-14-22(29-18)16-33-8-6-21(7-9-33)30-24(36)17-34-10-12-35(13-11-34)25-31-23(15-28-32-25)19-2-4-20(26)5-3-19/h2-5,14-15,21H,6-13,16-17H2,1H3,(H,27,29)(H,30,36). The molecule has 1 amide bonds. The lowest BCUT2D eigenvalue weighted by Crippen LogP contribution is -2.52. The summed E-state index contributed by atoms with van der Waals surface area (Å²) in [7, 11) is 0. The first-order valence-electron chi connectivity index (χ1n) is 12.5. The minimum Gasteiger partial charge on any atom is -0.352 e. The van der Waals surface area contributed by atoms with Crippen LogP contribution in [0.25, 0.3) is 11.3 Å². The van der Waals surface area contributed by atoms with Crippen molar-refractivity contribution in [1.82, 2.24) is 40.3 Å². The largest absolute Gasteiger partial charge is 0.352 e. The number of carbonyl (C=O) groups excluding carboxylic acids is 1. The molecule has 0 bridgehead atoms. The molecular weight excluding hydrogens is 461 g/mol. The summed E-state index contributed by atoms with van der Waals surface area (Å²) in [5, 5.41) is 11.5. The molecule has 190 valence electrons. The molecule has 2 fully saturated rings. The number of carbonyl (C=O) groups is 1. The SMILES string of the molecule is Cc1ncc(CN2CCC(NC(=O)CN3CCN(c4nncc(-c5ccc(F)cc5)n4)CC3)CC2)[nH]1. The summed E-state index contributed by atoms with van der Waals surface area (Å²) in [4.78, 5) is 31.5. The van der Waals surface area contributed by atoms with Gasteiger partial charge in [-0.05, 0) is 44.0 Å². The fraction of sp³-hybridized carbons (Fsp3) is 0.480. The van der Waals surface area contributed by atoms with Crippen LogP contribution in [-0.4, -0.2) is 92.7 Å². The van der Waals surface area contributed by atoms with Gasteiger partial charge in [0.25, 0.3) is 0 Å². The summed E-state index contributed by atoms with van der Waals surface area (Å²) in [6, 6.07) is 6.42. The number of halogens is 1. The maximum Gasteiger partial charge on any atom is 0.245 e. The third-order valence-corrected chi connectivity index (χ3v) is 6.81. The molecule has 2 aliphatic heterocycles. The predicted octanol–water partition coefficient (Wildman–Crippen LogP) is 1.61. The molecule has 0 saturated carbocycles. The topological polar surface area (TPSA) is 106 Å². The van der Waals surface area contributed by atoms with Crippen LogP contribution >= 0.6 is 0 Å². The van der Waals surface area contributed by atoms with Crippen molar-refractivity contribution in [3.05, 3.63) is 54.0 Å². The summed E-state index contributed by atoms with van der Waals surface area (Å²) in [6.07, 6.45) is 5.40. The Morgan fingerprint density at radius 1 is 1.06 bits per heavy atom. The van der Waals surface area contributed by atoms with Gasteiger partial charge in [0.15, 0.2) is 0 Å². The van der Waals surface area contributed by atoms with Gasteiger partial charge < -0.3 is 15.2 Å². The highest BCUT2D eigenvalue weighted by Gasteiger charge is 2.24. The molecule has 4 heterocycles. The zero-order chi connectivity index (χ0) is 24.9. The van der Waals surface area contributed by atoms with Crippen LogP contribution < -0.4 is 10.2 Å². The second kappa shape index (κ2) is 11.1. The minimum absolute atomic E-state index is 0.0855. The van der Waals surface area contributed by atoms with Crippen LogP contribution in [0.3, 0.4) is 0 Å². The second-order valence-electron chi connectivity index (χ2n) is 9.52. The first kappa shape index (κ1) is 24.3. The molecule has 2 aliphatic rings. The van der Waals surface area contributed by atoms with Crippen LogP contribution in [0.5, 0.6) is 0 Å². The zero-order valence-corrected chi connectivity index (χ0v) is 20.5. The quantitative estimate of drug-likeness (QED) is 0.512. The highest BCUT2D eigenvalue weighted by atomic mass is 19.1. The normalized spacial score (nSPS) is 17.9. The Bertz CT molecular complexity index is 1150. The molecular formula is C25H32FN9O. The lowest BCUT2D eigenvalue weighted by molar-refractivity contribution is -0.123. The van der Waals surface area contributed by atoms with E-state index in [-0.39, 0.29) is 17.8 Å². The number of amides is 1. The number of piperidine rings is 1. The van der Waals surface area contributed by atoms with Gasteiger partial charge in [-0.15, -0.1) is 5.10 Å². The number of nitrogens with one attached hydrogen (secondary N) is 2. The van der Waals surface area contributed by atoms with Gasteiger partial charge in [-0.3, -0.25) is 14.6 Å². The molecule has 0 unspecified atom stereocenters. The van der Waals surface area contributed by atoms with E-state index < -0.39 is 0 Å². The Hall–Kier alpha value is -3.44. The molecule has 1 aromatic carbocycles. The van der Waals surface area contributed by atoms with E-state index in [1.165, 1.54) is 12.1 Å². The van der Waals surface area contributed by atoms with Crippen molar-refractivity contribution in [2.45, 2.75) is 32.4 Å². The van der Waals surface area contributed by atoms with Gasteiger partial charge in [-0.2, -0.15) is 5.10 Å². The fourth-order valence-corrected chi connectivity index (χ4v) is 4.80. The number of hydrogen-bond acceptors (Lipinski definition) is 8. The van der Waals surface area contributed by atoms with Crippen LogP contribution in [0.15, 0.2) is 36.7 Å². The van der Waals surface area contributed by atoms with Crippen molar-refractivity contribution < 1.29 is 9.18 Å². The van der Waals surface area contributed by atoms with Crippen LogP contribution in [0.1, 0.15) is 24.4 Å². The van der Waals surface area contributed by atoms with E-state index in [9.17, 15) is 9.18 Å². The van der Waals surface area contributed by atoms with Crippen molar-refractivity contribution in [2.24, 2.45) is 0 Å². The molecule has 10 nitrogen and oxygen atoms in total. The first-order valence-corrected chi connectivity index (χ1v) is 12.5. The van der Waals surface area contributed by atoms with Crippen molar-refractivity contribution in [3.63, 3.8) is 0 Å². The van der Waals surface area contributed by atoms with E-state index in [0.29, 0.717) is 31.3 Å². The minimum atomic E-state index is -0.285. The fourth-order valence-electron chi connectivity index (χ4n) is 4.80. The van der Waals surface area contributed by atoms with Crippen molar-refractivity contribution >= 4 is 11.9 Å². The molecule has 11 heteroatoms. The summed E-state index contributed by atoms with van der Waals surface area (Å²) in [5.41, 5.74) is 2.59. The lowest BCUT2D eigenvalue weighted by atomic mass is 10.0. The molecule has 0 spiro atoms. The number of nitrogens with zero attached hydrogens (tertiary/aromatic N) is 7. The van der Waals surface area contributed by atoms with E-state index >= 15 is 0 Å². The number of aromatic nitrogens is 5. The van der Waals surface area contributed by atoms with E-state index in [1.807, 2.05) is 13.1 Å².